The van der Waals surface area contributed by atoms with Crippen LogP contribution in [-0.2, 0) is 6.54 Å². The Hall–Kier alpha value is -2.64. The zero-order chi connectivity index (χ0) is 21.1. The third-order valence-electron chi connectivity index (χ3n) is 5.84. The number of halogens is 2. The fourth-order valence-corrected chi connectivity index (χ4v) is 4.17. The summed E-state index contributed by atoms with van der Waals surface area (Å²) in [7, 11) is 0. The minimum absolute atomic E-state index is 0.0922. The molecule has 1 aliphatic heterocycles. The lowest BCUT2D eigenvalue weighted by Gasteiger charge is -2.33. The SMILES string of the molecule is Cc1c([C@@H](C)NC2CCN(Cc3ccccn3)CC2)cnn1-c1ccc(F)cc1F. The van der Waals surface area contributed by atoms with Gasteiger partial charge in [0.2, 0.25) is 0 Å². The van der Waals surface area contributed by atoms with Crippen molar-refractivity contribution < 1.29 is 8.78 Å². The summed E-state index contributed by atoms with van der Waals surface area (Å²) in [5, 5.41) is 8.05. The summed E-state index contributed by atoms with van der Waals surface area (Å²) in [4.78, 5) is 6.85. The molecule has 1 aromatic carbocycles. The maximum absolute atomic E-state index is 14.2. The van der Waals surface area contributed by atoms with Crippen molar-refractivity contribution in [2.45, 2.75) is 45.3 Å². The van der Waals surface area contributed by atoms with Crippen LogP contribution in [0.4, 0.5) is 8.78 Å². The number of rotatable bonds is 6. The molecule has 0 radical (unpaired) electrons. The van der Waals surface area contributed by atoms with E-state index in [0.717, 1.165) is 55.5 Å². The van der Waals surface area contributed by atoms with Crippen LogP contribution in [0.25, 0.3) is 5.69 Å². The summed E-state index contributed by atoms with van der Waals surface area (Å²) < 4.78 is 28.9. The molecule has 0 unspecified atom stereocenters. The van der Waals surface area contributed by atoms with Gasteiger partial charge in [0.25, 0.3) is 0 Å². The van der Waals surface area contributed by atoms with Crippen molar-refractivity contribution in [3.63, 3.8) is 0 Å². The Morgan fingerprint density at radius 3 is 2.67 bits per heavy atom. The largest absolute Gasteiger partial charge is 0.307 e. The first kappa shape index (κ1) is 20.6. The summed E-state index contributed by atoms with van der Waals surface area (Å²) in [6.45, 7) is 6.96. The highest BCUT2D eigenvalue weighted by Crippen LogP contribution is 2.24. The van der Waals surface area contributed by atoms with Crippen molar-refractivity contribution in [3.8, 4) is 5.69 Å². The molecule has 1 saturated heterocycles. The number of nitrogens with one attached hydrogen (secondary N) is 1. The number of pyridine rings is 1. The van der Waals surface area contributed by atoms with Gasteiger partial charge in [-0.15, -0.1) is 0 Å². The van der Waals surface area contributed by atoms with E-state index in [0.29, 0.717) is 6.04 Å². The van der Waals surface area contributed by atoms with Gasteiger partial charge < -0.3 is 5.32 Å². The van der Waals surface area contributed by atoms with Crippen LogP contribution in [0.5, 0.6) is 0 Å². The summed E-state index contributed by atoms with van der Waals surface area (Å²) in [6, 6.07) is 10.1. The first-order chi connectivity index (χ1) is 14.5. The van der Waals surface area contributed by atoms with Crippen molar-refractivity contribution in [3.05, 3.63) is 77.4 Å². The number of hydrogen-bond donors (Lipinski definition) is 1. The highest BCUT2D eigenvalue weighted by Gasteiger charge is 2.23. The van der Waals surface area contributed by atoms with Gasteiger partial charge >= 0.3 is 0 Å². The van der Waals surface area contributed by atoms with Crippen LogP contribution in [0, 0.1) is 18.6 Å². The average molecular weight is 412 g/mol. The molecule has 1 atom stereocenters. The van der Waals surface area contributed by atoms with E-state index in [1.807, 2.05) is 25.3 Å². The van der Waals surface area contributed by atoms with E-state index in [2.05, 4.69) is 33.3 Å². The van der Waals surface area contributed by atoms with Gasteiger partial charge in [0.15, 0.2) is 5.82 Å². The fraction of sp³-hybridized carbons (Fsp3) is 0.391. The molecule has 0 bridgehead atoms. The molecule has 1 fully saturated rings. The Bertz CT molecular complexity index is 981. The van der Waals surface area contributed by atoms with E-state index in [1.165, 1.54) is 16.8 Å². The Morgan fingerprint density at radius 2 is 1.97 bits per heavy atom. The smallest absolute Gasteiger partial charge is 0.151 e. The fourth-order valence-electron chi connectivity index (χ4n) is 4.17. The van der Waals surface area contributed by atoms with Crippen LogP contribution in [0.1, 0.15) is 42.8 Å². The van der Waals surface area contributed by atoms with Gasteiger partial charge in [-0.3, -0.25) is 9.88 Å². The third-order valence-corrected chi connectivity index (χ3v) is 5.84. The number of piperidine rings is 1. The molecule has 0 aliphatic carbocycles. The monoisotopic (exact) mass is 411 g/mol. The predicted molar refractivity (Wildman–Crippen MR) is 112 cm³/mol. The van der Waals surface area contributed by atoms with E-state index >= 15 is 0 Å². The first-order valence-electron chi connectivity index (χ1n) is 10.4. The van der Waals surface area contributed by atoms with Crippen LogP contribution in [0.2, 0.25) is 0 Å². The summed E-state index contributed by atoms with van der Waals surface area (Å²) in [6.07, 6.45) is 5.74. The minimum atomic E-state index is -0.617. The number of benzene rings is 1. The third kappa shape index (κ3) is 4.57. The second kappa shape index (κ2) is 9.02. The molecule has 7 heteroatoms. The Balaban J connectivity index is 1.36. The molecule has 1 aliphatic rings. The molecule has 30 heavy (non-hydrogen) atoms. The second-order valence-corrected chi connectivity index (χ2v) is 7.95. The normalized spacial score (nSPS) is 16.7. The molecule has 158 valence electrons. The molecule has 2 aromatic heterocycles. The Morgan fingerprint density at radius 1 is 1.17 bits per heavy atom. The molecule has 3 heterocycles. The molecular formula is C23H27F2N5. The second-order valence-electron chi connectivity index (χ2n) is 7.95. The first-order valence-corrected chi connectivity index (χ1v) is 10.4. The summed E-state index contributed by atoms with van der Waals surface area (Å²) >= 11 is 0. The van der Waals surface area contributed by atoms with Gasteiger partial charge in [0.05, 0.1) is 11.9 Å². The van der Waals surface area contributed by atoms with Crippen LogP contribution in [-0.4, -0.2) is 38.8 Å². The lowest BCUT2D eigenvalue weighted by molar-refractivity contribution is 0.183. The van der Waals surface area contributed by atoms with Gasteiger partial charge in [-0.2, -0.15) is 5.10 Å². The number of nitrogens with zero attached hydrogens (tertiary/aromatic N) is 4. The minimum Gasteiger partial charge on any atom is -0.307 e. The van der Waals surface area contributed by atoms with E-state index < -0.39 is 11.6 Å². The van der Waals surface area contributed by atoms with Crippen molar-refractivity contribution in [2.24, 2.45) is 0 Å². The van der Waals surface area contributed by atoms with Crippen molar-refractivity contribution in [1.82, 2.24) is 25.0 Å². The van der Waals surface area contributed by atoms with Gasteiger partial charge in [0.1, 0.15) is 11.5 Å². The molecule has 0 saturated carbocycles. The Labute approximate surface area is 175 Å². The van der Waals surface area contributed by atoms with E-state index in [4.69, 9.17) is 0 Å². The molecule has 4 rings (SSSR count). The van der Waals surface area contributed by atoms with Crippen molar-refractivity contribution in [2.75, 3.05) is 13.1 Å². The van der Waals surface area contributed by atoms with Crippen LogP contribution < -0.4 is 5.32 Å². The van der Waals surface area contributed by atoms with Crippen LogP contribution in [0.3, 0.4) is 0 Å². The highest BCUT2D eigenvalue weighted by atomic mass is 19.1. The topological polar surface area (TPSA) is 46.0 Å². The number of aromatic nitrogens is 3. The molecule has 0 spiro atoms. The van der Waals surface area contributed by atoms with Crippen LogP contribution >= 0.6 is 0 Å². The summed E-state index contributed by atoms with van der Waals surface area (Å²) in [5.41, 5.74) is 3.24. The maximum Gasteiger partial charge on any atom is 0.151 e. The molecule has 0 amide bonds. The molecule has 5 nitrogen and oxygen atoms in total. The van der Waals surface area contributed by atoms with Gasteiger partial charge in [-0.05, 0) is 51.0 Å². The van der Waals surface area contributed by atoms with E-state index in [9.17, 15) is 8.78 Å². The standard InChI is InChI=1S/C23H27F2N5/c1-16(21-14-27-30(17(21)2)23-7-6-18(24)13-22(23)25)28-19-8-11-29(12-9-19)15-20-5-3-4-10-26-20/h3-7,10,13-14,16,19,28H,8-9,11-12,15H2,1-2H3/t16-/m1/s1. The predicted octanol–water partition coefficient (Wildman–Crippen LogP) is 4.17. The van der Waals surface area contributed by atoms with E-state index in [1.54, 1.807) is 6.20 Å². The Kier molecular flexibility index (Phi) is 6.20. The molecular weight excluding hydrogens is 384 g/mol. The highest BCUT2D eigenvalue weighted by molar-refractivity contribution is 5.37. The zero-order valence-corrected chi connectivity index (χ0v) is 17.4. The maximum atomic E-state index is 14.2. The molecule has 1 N–H and O–H groups in total. The number of hydrogen-bond acceptors (Lipinski definition) is 4. The van der Waals surface area contributed by atoms with Crippen molar-refractivity contribution >= 4 is 0 Å². The van der Waals surface area contributed by atoms with Crippen molar-refractivity contribution in [1.29, 1.82) is 0 Å². The number of likely N-dealkylation sites (tertiary alicyclic amines) is 1. The summed E-state index contributed by atoms with van der Waals surface area (Å²) in [5.74, 6) is -1.21. The van der Waals surface area contributed by atoms with Crippen LogP contribution in [0.15, 0.2) is 48.8 Å². The van der Waals surface area contributed by atoms with Gasteiger partial charge in [0, 0.05) is 55.2 Å². The lowest BCUT2D eigenvalue weighted by atomic mass is 10.0. The van der Waals surface area contributed by atoms with Gasteiger partial charge in [-0.25, -0.2) is 13.5 Å². The lowest BCUT2D eigenvalue weighted by Crippen LogP contribution is -2.43. The van der Waals surface area contributed by atoms with E-state index in [-0.39, 0.29) is 11.7 Å². The van der Waals surface area contributed by atoms with Gasteiger partial charge in [-0.1, -0.05) is 6.07 Å². The quantitative estimate of drug-likeness (QED) is 0.661. The zero-order valence-electron chi connectivity index (χ0n) is 17.4. The molecule has 3 aromatic rings. The average Bonchev–Trinajstić information content (AvgIpc) is 3.11.